The lowest BCUT2D eigenvalue weighted by atomic mass is 10.1. The fraction of sp³-hybridized carbons (Fsp3) is 0.429. The molecular formula is C14H20N2O. The summed E-state index contributed by atoms with van der Waals surface area (Å²) in [7, 11) is 1.73. The van der Waals surface area contributed by atoms with Crippen LogP contribution in [0.15, 0.2) is 24.4 Å². The molecule has 0 aliphatic rings. The summed E-state index contributed by atoms with van der Waals surface area (Å²) in [6.07, 6.45) is 4.25. The van der Waals surface area contributed by atoms with Crippen LogP contribution in [0.4, 0.5) is 0 Å². The largest absolute Gasteiger partial charge is 0.496 e. The molecule has 0 unspecified atom stereocenters. The molecule has 0 aliphatic heterocycles. The molecule has 17 heavy (non-hydrogen) atoms. The lowest BCUT2D eigenvalue weighted by molar-refractivity contribution is 0.419. The van der Waals surface area contributed by atoms with Crippen LogP contribution in [0.1, 0.15) is 18.9 Å². The number of fused-ring (bicyclic) bond motifs is 1. The summed E-state index contributed by atoms with van der Waals surface area (Å²) in [6, 6.07) is 6.21. The van der Waals surface area contributed by atoms with E-state index >= 15 is 0 Å². The first kappa shape index (κ1) is 12.0. The van der Waals surface area contributed by atoms with Crippen LogP contribution in [0, 0.1) is 0 Å². The maximum absolute atomic E-state index is 5.59. The molecule has 0 saturated heterocycles. The molecule has 0 radical (unpaired) electrons. The number of nitrogens with zero attached hydrogens (tertiary/aromatic N) is 1. The Bertz CT molecular complexity index is 502. The van der Waals surface area contributed by atoms with E-state index < -0.39 is 0 Å². The molecule has 0 atom stereocenters. The van der Waals surface area contributed by atoms with E-state index in [2.05, 4.69) is 23.8 Å². The summed E-state index contributed by atoms with van der Waals surface area (Å²) < 4.78 is 7.73. The Balaban J connectivity index is 2.57. The Morgan fingerprint density at radius 2 is 2.18 bits per heavy atom. The third kappa shape index (κ3) is 2.15. The molecule has 2 aromatic rings. The molecule has 0 amide bonds. The quantitative estimate of drug-likeness (QED) is 0.860. The van der Waals surface area contributed by atoms with Gasteiger partial charge in [0.25, 0.3) is 0 Å². The van der Waals surface area contributed by atoms with Gasteiger partial charge in [-0.2, -0.15) is 0 Å². The third-order valence-electron chi connectivity index (χ3n) is 3.16. The van der Waals surface area contributed by atoms with Gasteiger partial charge in [0.05, 0.1) is 12.6 Å². The minimum Gasteiger partial charge on any atom is -0.496 e. The number of ether oxygens (including phenoxy) is 1. The molecule has 3 nitrogen and oxygen atoms in total. The molecule has 92 valence electrons. The molecule has 1 aromatic carbocycles. The average molecular weight is 232 g/mol. The molecule has 1 aromatic heterocycles. The van der Waals surface area contributed by atoms with Gasteiger partial charge in [-0.25, -0.2) is 0 Å². The molecule has 2 N–H and O–H groups in total. The number of aryl methyl sites for hydroxylation is 2. The van der Waals surface area contributed by atoms with Gasteiger partial charge < -0.3 is 15.0 Å². The number of rotatable bonds is 5. The Labute approximate surface area is 102 Å². The van der Waals surface area contributed by atoms with Crippen molar-refractivity contribution in [3.63, 3.8) is 0 Å². The number of hydrogen-bond donors (Lipinski definition) is 1. The highest BCUT2D eigenvalue weighted by molar-refractivity contribution is 5.90. The van der Waals surface area contributed by atoms with Crippen LogP contribution in [0.25, 0.3) is 10.9 Å². The molecule has 2 rings (SSSR count). The van der Waals surface area contributed by atoms with Crippen LogP contribution in [0.2, 0.25) is 0 Å². The van der Waals surface area contributed by atoms with Gasteiger partial charge >= 0.3 is 0 Å². The highest BCUT2D eigenvalue weighted by atomic mass is 16.5. The van der Waals surface area contributed by atoms with Gasteiger partial charge in [-0.15, -0.1) is 0 Å². The highest BCUT2D eigenvalue weighted by Gasteiger charge is 2.11. The summed E-state index contributed by atoms with van der Waals surface area (Å²) in [4.78, 5) is 0. The zero-order valence-corrected chi connectivity index (χ0v) is 10.6. The van der Waals surface area contributed by atoms with Crippen molar-refractivity contribution in [3.05, 3.63) is 30.0 Å². The molecule has 0 aliphatic carbocycles. The zero-order chi connectivity index (χ0) is 12.3. The predicted molar refractivity (Wildman–Crippen MR) is 71.5 cm³/mol. The third-order valence-corrected chi connectivity index (χ3v) is 3.16. The number of benzene rings is 1. The fourth-order valence-corrected chi connectivity index (χ4v) is 2.32. The van der Waals surface area contributed by atoms with Crippen molar-refractivity contribution >= 4 is 10.9 Å². The van der Waals surface area contributed by atoms with E-state index in [9.17, 15) is 0 Å². The molecule has 0 saturated carbocycles. The second-order valence-electron chi connectivity index (χ2n) is 4.19. The Hall–Kier alpha value is -1.48. The van der Waals surface area contributed by atoms with Gasteiger partial charge in [0.15, 0.2) is 0 Å². The molecule has 0 spiro atoms. The fourth-order valence-electron chi connectivity index (χ4n) is 2.32. The maximum atomic E-state index is 5.59. The summed E-state index contributed by atoms with van der Waals surface area (Å²) >= 11 is 0. The van der Waals surface area contributed by atoms with Crippen molar-refractivity contribution in [1.82, 2.24) is 4.57 Å². The van der Waals surface area contributed by atoms with Crippen molar-refractivity contribution in [1.29, 1.82) is 0 Å². The van der Waals surface area contributed by atoms with Gasteiger partial charge in [-0.1, -0.05) is 6.07 Å². The predicted octanol–water partition coefficient (Wildman–Crippen LogP) is 2.56. The molecule has 1 heterocycles. The lowest BCUT2D eigenvalue weighted by Crippen LogP contribution is -2.00. The number of aromatic nitrogens is 1. The SMILES string of the molecule is CCn1cc(CCCN)c2c(OC)cccc21. The van der Waals surface area contributed by atoms with Gasteiger partial charge in [-0.05, 0) is 44.0 Å². The summed E-state index contributed by atoms with van der Waals surface area (Å²) in [5.74, 6) is 0.960. The highest BCUT2D eigenvalue weighted by Crippen LogP contribution is 2.31. The van der Waals surface area contributed by atoms with Crippen molar-refractivity contribution in [2.75, 3.05) is 13.7 Å². The van der Waals surface area contributed by atoms with E-state index in [0.29, 0.717) is 0 Å². The summed E-state index contributed by atoms with van der Waals surface area (Å²) in [5, 5.41) is 1.24. The number of methoxy groups -OCH3 is 1. The molecule has 3 heteroatoms. The Kier molecular flexibility index (Phi) is 3.69. The van der Waals surface area contributed by atoms with Crippen LogP contribution in [-0.4, -0.2) is 18.2 Å². The number of hydrogen-bond acceptors (Lipinski definition) is 2. The van der Waals surface area contributed by atoms with Crippen LogP contribution < -0.4 is 10.5 Å². The summed E-state index contributed by atoms with van der Waals surface area (Å²) in [6.45, 7) is 3.87. The normalized spacial score (nSPS) is 11.0. The first-order valence-corrected chi connectivity index (χ1v) is 6.16. The Morgan fingerprint density at radius 1 is 1.35 bits per heavy atom. The minimum atomic E-state index is 0.730. The molecular weight excluding hydrogens is 212 g/mol. The van der Waals surface area contributed by atoms with E-state index in [1.165, 1.54) is 16.5 Å². The smallest absolute Gasteiger partial charge is 0.128 e. The monoisotopic (exact) mass is 232 g/mol. The van der Waals surface area contributed by atoms with Crippen molar-refractivity contribution in [2.45, 2.75) is 26.3 Å². The van der Waals surface area contributed by atoms with Gasteiger partial charge in [0.2, 0.25) is 0 Å². The second-order valence-corrected chi connectivity index (χ2v) is 4.19. The van der Waals surface area contributed by atoms with Crippen LogP contribution >= 0.6 is 0 Å². The zero-order valence-electron chi connectivity index (χ0n) is 10.6. The van der Waals surface area contributed by atoms with E-state index in [0.717, 1.165) is 31.7 Å². The number of nitrogens with two attached hydrogens (primary N) is 1. The molecule has 0 bridgehead atoms. The average Bonchev–Trinajstić information content (AvgIpc) is 2.74. The van der Waals surface area contributed by atoms with Crippen LogP contribution in [-0.2, 0) is 13.0 Å². The lowest BCUT2D eigenvalue weighted by Gasteiger charge is -2.05. The van der Waals surface area contributed by atoms with Gasteiger partial charge in [0.1, 0.15) is 5.75 Å². The Morgan fingerprint density at radius 3 is 2.82 bits per heavy atom. The topological polar surface area (TPSA) is 40.2 Å². The molecule has 0 fully saturated rings. The van der Waals surface area contributed by atoms with Gasteiger partial charge in [0, 0.05) is 18.1 Å². The first-order chi connectivity index (χ1) is 8.31. The van der Waals surface area contributed by atoms with E-state index in [4.69, 9.17) is 10.5 Å². The van der Waals surface area contributed by atoms with Crippen LogP contribution in [0.3, 0.4) is 0 Å². The van der Waals surface area contributed by atoms with E-state index in [1.807, 2.05) is 12.1 Å². The van der Waals surface area contributed by atoms with E-state index in [-0.39, 0.29) is 0 Å². The standard InChI is InChI=1S/C14H20N2O/c1-3-16-10-11(6-5-9-15)14-12(16)7-4-8-13(14)17-2/h4,7-8,10H,3,5-6,9,15H2,1-2H3. The van der Waals surface area contributed by atoms with Crippen LogP contribution in [0.5, 0.6) is 5.75 Å². The van der Waals surface area contributed by atoms with Gasteiger partial charge in [-0.3, -0.25) is 0 Å². The van der Waals surface area contributed by atoms with E-state index in [1.54, 1.807) is 7.11 Å². The second kappa shape index (κ2) is 5.23. The minimum absolute atomic E-state index is 0.730. The summed E-state index contributed by atoms with van der Waals surface area (Å²) in [5.41, 5.74) is 8.18. The first-order valence-electron chi connectivity index (χ1n) is 6.16. The van der Waals surface area contributed by atoms with Crippen molar-refractivity contribution in [3.8, 4) is 5.75 Å². The van der Waals surface area contributed by atoms with Crippen molar-refractivity contribution < 1.29 is 4.74 Å². The maximum Gasteiger partial charge on any atom is 0.128 e. The van der Waals surface area contributed by atoms with Crippen molar-refractivity contribution in [2.24, 2.45) is 5.73 Å².